The zero-order valence-electron chi connectivity index (χ0n) is 20.0. The molecule has 0 saturated heterocycles. The number of nitrogens with one attached hydrogen (secondary N) is 1. The molecule has 1 N–H and O–H groups in total. The zero-order valence-corrected chi connectivity index (χ0v) is 20.8. The molecule has 0 spiro atoms. The largest absolute Gasteiger partial charge is 0.497 e. The number of rotatable bonds is 12. The summed E-state index contributed by atoms with van der Waals surface area (Å²) in [5.74, 6) is -0.753. The minimum absolute atomic E-state index is 0.0252. The molecule has 34 heavy (non-hydrogen) atoms. The van der Waals surface area contributed by atoms with Gasteiger partial charge in [0.25, 0.3) is 0 Å². The second-order valence-corrected chi connectivity index (χ2v) is 9.74. The lowest BCUT2D eigenvalue weighted by atomic mass is 10.1. The third-order valence-electron chi connectivity index (χ3n) is 5.24. The Morgan fingerprint density at radius 1 is 1.06 bits per heavy atom. The van der Waals surface area contributed by atoms with Gasteiger partial charge in [-0.15, -0.1) is 0 Å². The summed E-state index contributed by atoms with van der Waals surface area (Å²) >= 11 is 0. The van der Waals surface area contributed by atoms with E-state index < -0.39 is 34.3 Å². The Bertz CT molecular complexity index is 1060. The highest BCUT2D eigenvalue weighted by molar-refractivity contribution is 7.92. The van der Waals surface area contributed by atoms with Crippen LogP contribution in [0.15, 0.2) is 48.5 Å². The van der Waals surface area contributed by atoms with Gasteiger partial charge in [0.15, 0.2) is 0 Å². The summed E-state index contributed by atoms with van der Waals surface area (Å²) in [4.78, 5) is 27.7. The first-order valence-electron chi connectivity index (χ1n) is 11.0. The van der Waals surface area contributed by atoms with E-state index in [1.807, 2.05) is 6.92 Å². The minimum atomic E-state index is -3.82. The standard InChI is InChI=1S/C24H32FN3O5S/c1-5-15-26-24(30)22(6-2)27(16-18-7-9-19(25)10-8-18)23(29)17-28(34(4,31)32)20-11-13-21(33-3)14-12-20/h7-14,22H,5-6,15-17H2,1-4H3,(H,26,30)/t22-/m1/s1. The van der Waals surface area contributed by atoms with Gasteiger partial charge in [0.2, 0.25) is 21.8 Å². The smallest absolute Gasteiger partial charge is 0.244 e. The van der Waals surface area contributed by atoms with Gasteiger partial charge in [-0.25, -0.2) is 12.8 Å². The molecule has 0 fully saturated rings. The van der Waals surface area contributed by atoms with E-state index in [1.165, 1.54) is 36.3 Å². The van der Waals surface area contributed by atoms with Crippen LogP contribution >= 0.6 is 0 Å². The number of nitrogens with zero attached hydrogens (tertiary/aromatic N) is 2. The molecule has 0 aromatic heterocycles. The first-order chi connectivity index (χ1) is 16.1. The molecule has 1 atom stereocenters. The molecule has 2 aromatic rings. The zero-order chi connectivity index (χ0) is 25.3. The molecule has 2 aromatic carbocycles. The van der Waals surface area contributed by atoms with Gasteiger partial charge in [0.05, 0.1) is 19.1 Å². The van der Waals surface area contributed by atoms with E-state index in [4.69, 9.17) is 4.74 Å². The van der Waals surface area contributed by atoms with E-state index in [0.29, 0.717) is 30.0 Å². The van der Waals surface area contributed by atoms with Crippen molar-refractivity contribution in [3.8, 4) is 5.75 Å². The second kappa shape index (κ2) is 12.4. The lowest BCUT2D eigenvalue weighted by Gasteiger charge is -2.32. The normalized spacial score (nSPS) is 12.0. The summed E-state index contributed by atoms with van der Waals surface area (Å²) in [5.41, 5.74) is 0.911. The summed E-state index contributed by atoms with van der Waals surface area (Å²) in [5, 5.41) is 2.80. The van der Waals surface area contributed by atoms with E-state index >= 15 is 0 Å². The molecule has 0 bridgehead atoms. The van der Waals surface area contributed by atoms with Crippen LogP contribution in [0.4, 0.5) is 10.1 Å². The molecule has 0 heterocycles. The van der Waals surface area contributed by atoms with Crippen molar-refractivity contribution < 1.29 is 27.1 Å². The number of hydrogen-bond donors (Lipinski definition) is 1. The number of halogens is 1. The van der Waals surface area contributed by atoms with E-state index in [-0.39, 0.29) is 12.5 Å². The third-order valence-corrected chi connectivity index (χ3v) is 6.38. The topological polar surface area (TPSA) is 96.0 Å². The fourth-order valence-electron chi connectivity index (χ4n) is 3.43. The van der Waals surface area contributed by atoms with Crippen molar-refractivity contribution in [2.75, 3.05) is 30.8 Å². The van der Waals surface area contributed by atoms with Crippen LogP contribution in [0.1, 0.15) is 32.3 Å². The van der Waals surface area contributed by atoms with Crippen LogP contribution in [0.5, 0.6) is 5.75 Å². The van der Waals surface area contributed by atoms with E-state index in [9.17, 15) is 22.4 Å². The van der Waals surface area contributed by atoms with Crippen LogP contribution in [0.2, 0.25) is 0 Å². The lowest BCUT2D eigenvalue weighted by molar-refractivity contribution is -0.140. The molecule has 0 saturated carbocycles. The Labute approximate surface area is 200 Å². The summed E-state index contributed by atoms with van der Waals surface area (Å²) in [6.45, 7) is 3.68. The monoisotopic (exact) mass is 493 g/mol. The molecular weight excluding hydrogens is 461 g/mol. The van der Waals surface area contributed by atoms with Crippen LogP contribution in [0.25, 0.3) is 0 Å². The number of methoxy groups -OCH3 is 1. The molecule has 0 aliphatic rings. The highest BCUT2D eigenvalue weighted by Gasteiger charge is 2.31. The van der Waals surface area contributed by atoms with Crippen molar-refractivity contribution in [1.82, 2.24) is 10.2 Å². The summed E-state index contributed by atoms with van der Waals surface area (Å²) < 4.78 is 44.6. The number of hydrogen-bond acceptors (Lipinski definition) is 5. The molecule has 186 valence electrons. The Balaban J connectivity index is 2.40. The Morgan fingerprint density at radius 2 is 1.68 bits per heavy atom. The first kappa shape index (κ1) is 27.1. The maximum Gasteiger partial charge on any atom is 0.244 e. The maximum absolute atomic E-state index is 13.5. The molecule has 0 aliphatic heterocycles. The number of benzene rings is 2. The summed E-state index contributed by atoms with van der Waals surface area (Å²) in [6, 6.07) is 11.1. The fraction of sp³-hybridized carbons (Fsp3) is 0.417. The summed E-state index contributed by atoms with van der Waals surface area (Å²) in [7, 11) is -2.32. The third kappa shape index (κ3) is 7.44. The van der Waals surface area contributed by atoms with Gasteiger partial charge >= 0.3 is 0 Å². The molecule has 2 amide bonds. The maximum atomic E-state index is 13.5. The highest BCUT2D eigenvalue weighted by Crippen LogP contribution is 2.22. The van der Waals surface area contributed by atoms with Crippen molar-refractivity contribution in [2.24, 2.45) is 0 Å². The van der Waals surface area contributed by atoms with Crippen molar-refractivity contribution in [3.05, 3.63) is 59.9 Å². The molecule has 0 unspecified atom stereocenters. The minimum Gasteiger partial charge on any atom is -0.497 e. The molecule has 2 rings (SSSR count). The highest BCUT2D eigenvalue weighted by atomic mass is 32.2. The van der Waals surface area contributed by atoms with Crippen LogP contribution in [0.3, 0.4) is 0 Å². The van der Waals surface area contributed by atoms with Gasteiger partial charge in [-0.3, -0.25) is 13.9 Å². The Morgan fingerprint density at radius 3 is 2.18 bits per heavy atom. The molecule has 10 heteroatoms. The first-order valence-corrected chi connectivity index (χ1v) is 12.9. The Hall–Kier alpha value is -3.14. The number of carbonyl (C=O) groups is 2. The van der Waals surface area contributed by atoms with Crippen LogP contribution in [-0.4, -0.2) is 57.6 Å². The molecule has 0 aliphatic carbocycles. The predicted octanol–water partition coefficient (Wildman–Crippen LogP) is 2.93. The van der Waals surface area contributed by atoms with Gasteiger partial charge in [0, 0.05) is 13.1 Å². The number of amides is 2. The second-order valence-electron chi connectivity index (χ2n) is 7.83. The number of ether oxygens (including phenoxy) is 1. The van der Waals surface area contributed by atoms with Gasteiger partial charge in [-0.05, 0) is 54.8 Å². The van der Waals surface area contributed by atoms with Crippen LogP contribution in [0, 0.1) is 5.82 Å². The average Bonchev–Trinajstić information content (AvgIpc) is 2.81. The van der Waals surface area contributed by atoms with Gasteiger partial charge < -0.3 is 15.0 Å². The van der Waals surface area contributed by atoms with E-state index in [0.717, 1.165) is 17.0 Å². The van der Waals surface area contributed by atoms with Gasteiger partial charge in [-0.1, -0.05) is 26.0 Å². The predicted molar refractivity (Wildman–Crippen MR) is 130 cm³/mol. The number of sulfonamides is 1. The van der Waals surface area contributed by atoms with Crippen molar-refractivity contribution in [2.45, 2.75) is 39.3 Å². The summed E-state index contributed by atoms with van der Waals surface area (Å²) in [6.07, 6.45) is 2.07. The fourth-order valence-corrected chi connectivity index (χ4v) is 4.28. The van der Waals surface area contributed by atoms with Crippen LogP contribution < -0.4 is 14.4 Å². The van der Waals surface area contributed by atoms with Crippen molar-refractivity contribution in [1.29, 1.82) is 0 Å². The van der Waals surface area contributed by atoms with Crippen LogP contribution in [-0.2, 0) is 26.2 Å². The number of anilines is 1. The SMILES string of the molecule is CCCNC(=O)[C@@H](CC)N(Cc1ccc(F)cc1)C(=O)CN(c1ccc(OC)cc1)S(C)(=O)=O. The van der Waals surface area contributed by atoms with Gasteiger partial charge in [0.1, 0.15) is 24.2 Å². The lowest BCUT2D eigenvalue weighted by Crippen LogP contribution is -2.52. The van der Waals surface area contributed by atoms with Crippen molar-refractivity contribution in [3.63, 3.8) is 0 Å². The van der Waals surface area contributed by atoms with E-state index in [1.54, 1.807) is 31.2 Å². The van der Waals surface area contributed by atoms with Crippen molar-refractivity contribution >= 4 is 27.5 Å². The Kier molecular flexibility index (Phi) is 9.85. The molecule has 0 radical (unpaired) electrons. The van der Waals surface area contributed by atoms with Gasteiger partial charge in [-0.2, -0.15) is 0 Å². The average molecular weight is 494 g/mol. The molecular formula is C24H32FN3O5S. The number of carbonyl (C=O) groups excluding carboxylic acids is 2. The van der Waals surface area contributed by atoms with E-state index in [2.05, 4.69) is 5.32 Å². The molecule has 8 nitrogen and oxygen atoms in total. The quantitative estimate of drug-likeness (QED) is 0.491.